The summed E-state index contributed by atoms with van der Waals surface area (Å²) in [5.74, 6) is 0.0929. The van der Waals surface area contributed by atoms with Crippen LogP contribution >= 0.6 is 11.3 Å². The van der Waals surface area contributed by atoms with Gasteiger partial charge in [-0.3, -0.25) is 4.79 Å². The van der Waals surface area contributed by atoms with E-state index in [0.29, 0.717) is 6.54 Å². The summed E-state index contributed by atoms with van der Waals surface area (Å²) in [6.07, 6.45) is 3.16. The van der Waals surface area contributed by atoms with Gasteiger partial charge in [0.25, 0.3) is 5.91 Å². The van der Waals surface area contributed by atoms with Gasteiger partial charge in [-0.05, 0) is 38.0 Å². The quantitative estimate of drug-likeness (QED) is 0.877. The monoisotopic (exact) mass is 289 g/mol. The van der Waals surface area contributed by atoms with E-state index in [-0.39, 0.29) is 11.9 Å². The molecule has 3 rings (SSSR count). The Morgan fingerprint density at radius 1 is 1.45 bits per heavy atom. The molecule has 1 saturated heterocycles. The van der Waals surface area contributed by atoms with Gasteiger partial charge in [0.15, 0.2) is 0 Å². The molecule has 1 aromatic carbocycles. The standard InChI is InChI=1S/C15H19N3OS/c1-10-17-13-6-5-11(8-14(13)20-10)15(19)18-7-3-2-4-12(16)9-18/h5-6,8,12H,2-4,7,9,16H2,1H3/t12-/m0/s1. The Labute approximate surface area is 122 Å². The molecule has 1 aliphatic heterocycles. The number of benzene rings is 1. The first-order valence-corrected chi connectivity index (χ1v) is 7.87. The Morgan fingerprint density at radius 2 is 2.30 bits per heavy atom. The van der Waals surface area contributed by atoms with Crippen molar-refractivity contribution in [3.63, 3.8) is 0 Å². The summed E-state index contributed by atoms with van der Waals surface area (Å²) < 4.78 is 1.08. The highest BCUT2D eigenvalue weighted by Gasteiger charge is 2.21. The number of rotatable bonds is 1. The van der Waals surface area contributed by atoms with Crippen molar-refractivity contribution >= 4 is 27.5 Å². The van der Waals surface area contributed by atoms with E-state index in [1.165, 1.54) is 0 Å². The van der Waals surface area contributed by atoms with Crippen molar-refractivity contribution in [2.45, 2.75) is 32.2 Å². The lowest BCUT2D eigenvalue weighted by molar-refractivity contribution is 0.0755. The maximum absolute atomic E-state index is 12.6. The largest absolute Gasteiger partial charge is 0.337 e. The number of likely N-dealkylation sites (tertiary alicyclic amines) is 1. The average molecular weight is 289 g/mol. The molecule has 0 bridgehead atoms. The maximum atomic E-state index is 12.6. The molecule has 1 aliphatic rings. The molecule has 20 heavy (non-hydrogen) atoms. The molecule has 0 radical (unpaired) electrons. The maximum Gasteiger partial charge on any atom is 0.253 e. The smallest absolute Gasteiger partial charge is 0.253 e. The van der Waals surface area contributed by atoms with Gasteiger partial charge >= 0.3 is 0 Å². The summed E-state index contributed by atoms with van der Waals surface area (Å²) in [5, 5.41) is 1.03. The van der Waals surface area contributed by atoms with Crippen LogP contribution in [0, 0.1) is 6.92 Å². The van der Waals surface area contributed by atoms with Gasteiger partial charge in [-0.15, -0.1) is 11.3 Å². The highest BCUT2D eigenvalue weighted by atomic mass is 32.1. The molecule has 0 spiro atoms. The second-order valence-electron chi connectivity index (χ2n) is 5.42. The summed E-state index contributed by atoms with van der Waals surface area (Å²) in [6, 6.07) is 5.87. The second-order valence-corrected chi connectivity index (χ2v) is 6.66. The number of amides is 1. The number of aryl methyl sites for hydroxylation is 1. The van der Waals surface area contributed by atoms with Crippen LogP contribution in [0.15, 0.2) is 18.2 Å². The van der Waals surface area contributed by atoms with Gasteiger partial charge < -0.3 is 10.6 Å². The molecule has 1 amide bonds. The van der Waals surface area contributed by atoms with Crippen LogP contribution in [0.1, 0.15) is 34.6 Å². The average Bonchev–Trinajstić information content (AvgIpc) is 2.65. The number of hydrogen-bond donors (Lipinski definition) is 1. The number of carbonyl (C=O) groups excluding carboxylic acids is 1. The minimum Gasteiger partial charge on any atom is -0.337 e. The van der Waals surface area contributed by atoms with Crippen LogP contribution in [0.2, 0.25) is 0 Å². The lowest BCUT2D eigenvalue weighted by Gasteiger charge is -2.22. The zero-order valence-electron chi connectivity index (χ0n) is 11.6. The van der Waals surface area contributed by atoms with Crippen molar-refractivity contribution in [2.24, 2.45) is 5.73 Å². The van der Waals surface area contributed by atoms with E-state index in [1.54, 1.807) is 11.3 Å². The van der Waals surface area contributed by atoms with Crippen molar-refractivity contribution in [2.75, 3.05) is 13.1 Å². The Kier molecular flexibility index (Phi) is 3.72. The van der Waals surface area contributed by atoms with Crippen LogP contribution in [0.3, 0.4) is 0 Å². The molecule has 1 aromatic heterocycles. The third-order valence-corrected chi connectivity index (χ3v) is 4.67. The normalized spacial score (nSPS) is 20.1. The fraction of sp³-hybridized carbons (Fsp3) is 0.467. The summed E-state index contributed by atoms with van der Waals surface area (Å²) >= 11 is 1.63. The molecular weight excluding hydrogens is 270 g/mol. The van der Waals surface area contributed by atoms with E-state index in [9.17, 15) is 4.79 Å². The van der Waals surface area contributed by atoms with Crippen molar-refractivity contribution in [1.29, 1.82) is 0 Å². The molecule has 0 unspecified atom stereocenters. The summed E-state index contributed by atoms with van der Waals surface area (Å²) in [6.45, 7) is 3.46. The molecule has 2 heterocycles. The third-order valence-electron chi connectivity index (χ3n) is 3.74. The van der Waals surface area contributed by atoms with E-state index < -0.39 is 0 Å². The molecule has 1 atom stereocenters. The predicted molar refractivity (Wildman–Crippen MR) is 82.1 cm³/mol. The molecule has 2 aromatic rings. The van der Waals surface area contributed by atoms with E-state index in [4.69, 9.17) is 5.73 Å². The van der Waals surface area contributed by atoms with Crippen LogP contribution in [0.25, 0.3) is 10.2 Å². The van der Waals surface area contributed by atoms with Crippen molar-refractivity contribution in [1.82, 2.24) is 9.88 Å². The Balaban J connectivity index is 1.87. The first-order valence-electron chi connectivity index (χ1n) is 7.05. The van der Waals surface area contributed by atoms with E-state index in [2.05, 4.69) is 4.98 Å². The topological polar surface area (TPSA) is 59.2 Å². The van der Waals surface area contributed by atoms with Gasteiger partial charge in [0.2, 0.25) is 0 Å². The van der Waals surface area contributed by atoms with Crippen LogP contribution in [0.4, 0.5) is 0 Å². The van der Waals surface area contributed by atoms with Crippen molar-refractivity contribution in [3.05, 3.63) is 28.8 Å². The molecule has 5 heteroatoms. The third kappa shape index (κ3) is 2.69. The number of carbonyl (C=O) groups is 1. The lowest BCUT2D eigenvalue weighted by Crippen LogP contribution is -2.39. The predicted octanol–water partition coefficient (Wildman–Crippen LogP) is 2.56. The molecule has 1 fully saturated rings. The van der Waals surface area contributed by atoms with E-state index in [0.717, 1.165) is 46.6 Å². The van der Waals surface area contributed by atoms with Crippen molar-refractivity contribution in [3.8, 4) is 0 Å². The summed E-state index contributed by atoms with van der Waals surface area (Å²) in [5.41, 5.74) is 7.75. The van der Waals surface area contributed by atoms with Gasteiger partial charge in [-0.25, -0.2) is 4.98 Å². The Bertz CT molecular complexity index is 637. The van der Waals surface area contributed by atoms with Gasteiger partial charge in [0, 0.05) is 24.7 Å². The Morgan fingerprint density at radius 3 is 3.15 bits per heavy atom. The zero-order valence-corrected chi connectivity index (χ0v) is 12.4. The van der Waals surface area contributed by atoms with Gasteiger partial charge in [0.05, 0.1) is 15.2 Å². The summed E-state index contributed by atoms with van der Waals surface area (Å²) in [7, 11) is 0. The number of nitrogens with zero attached hydrogens (tertiary/aromatic N) is 2. The van der Waals surface area contributed by atoms with Crippen LogP contribution in [-0.4, -0.2) is 34.9 Å². The Hall–Kier alpha value is -1.46. The molecule has 106 valence electrons. The molecule has 0 saturated carbocycles. The molecule has 0 aliphatic carbocycles. The van der Waals surface area contributed by atoms with Crippen LogP contribution < -0.4 is 5.73 Å². The number of nitrogens with two attached hydrogens (primary N) is 1. The second kappa shape index (κ2) is 5.50. The highest BCUT2D eigenvalue weighted by molar-refractivity contribution is 7.18. The first kappa shape index (κ1) is 13.5. The fourth-order valence-electron chi connectivity index (χ4n) is 2.71. The van der Waals surface area contributed by atoms with E-state index in [1.807, 2.05) is 30.0 Å². The van der Waals surface area contributed by atoms with Crippen LogP contribution in [-0.2, 0) is 0 Å². The zero-order chi connectivity index (χ0) is 14.1. The highest BCUT2D eigenvalue weighted by Crippen LogP contribution is 2.23. The molecule has 2 N–H and O–H groups in total. The minimum absolute atomic E-state index is 0.0929. The van der Waals surface area contributed by atoms with Gasteiger partial charge in [0.1, 0.15) is 0 Å². The van der Waals surface area contributed by atoms with E-state index >= 15 is 0 Å². The van der Waals surface area contributed by atoms with Gasteiger partial charge in [-0.1, -0.05) is 6.42 Å². The molecule has 4 nitrogen and oxygen atoms in total. The first-order chi connectivity index (χ1) is 9.63. The number of fused-ring (bicyclic) bond motifs is 1. The number of aromatic nitrogens is 1. The van der Waals surface area contributed by atoms with Crippen molar-refractivity contribution < 1.29 is 4.79 Å². The fourth-order valence-corrected chi connectivity index (χ4v) is 3.58. The minimum atomic E-state index is 0.0929. The summed E-state index contributed by atoms with van der Waals surface area (Å²) in [4.78, 5) is 18.9. The van der Waals surface area contributed by atoms with Crippen LogP contribution in [0.5, 0.6) is 0 Å². The molecular formula is C15H19N3OS. The SMILES string of the molecule is Cc1nc2ccc(C(=O)N3CCCC[C@H](N)C3)cc2s1. The lowest BCUT2D eigenvalue weighted by atomic mass is 10.1. The number of hydrogen-bond acceptors (Lipinski definition) is 4. The number of thiazole rings is 1. The van der Waals surface area contributed by atoms with Gasteiger partial charge in [-0.2, -0.15) is 0 Å².